The van der Waals surface area contributed by atoms with E-state index in [-0.39, 0.29) is 23.5 Å². The number of aromatic amines is 1. The Morgan fingerprint density at radius 2 is 2.14 bits per heavy atom. The number of aromatic nitrogens is 2. The predicted molar refractivity (Wildman–Crippen MR) is 85.7 cm³/mol. The van der Waals surface area contributed by atoms with Crippen molar-refractivity contribution >= 4 is 6.21 Å². The van der Waals surface area contributed by atoms with E-state index in [1.807, 2.05) is 6.92 Å². The topological polar surface area (TPSA) is 113 Å². The first kappa shape index (κ1) is 16.5. The summed E-state index contributed by atoms with van der Waals surface area (Å²) in [5.74, 6) is -0.324. The molecule has 1 aliphatic carbocycles. The minimum atomic E-state index is -0.622. The number of aliphatic imine (C=N–C) groups is 1. The first-order valence-electron chi connectivity index (χ1n) is 7.89. The van der Waals surface area contributed by atoms with Gasteiger partial charge in [-0.25, -0.2) is 4.79 Å². The lowest BCUT2D eigenvalue weighted by atomic mass is 9.91. The molecule has 7 heteroatoms. The van der Waals surface area contributed by atoms with Crippen LogP contribution in [-0.2, 0) is 6.54 Å². The van der Waals surface area contributed by atoms with Gasteiger partial charge < -0.3 is 10.8 Å². The van der Waals surface area contributed by atoms with E-state index in [0.717, 1.165) is 38.5 Å². The summed E-state index contributed by atoms with van der Waals surface area (Å²) < 4.78 is 1.17. The van der Waals surface area contributed by atoms with E-state index in [4.69, 9.17) is 5.73 Å². The molecule has 0 spiro atoms. The number of rotatable bonds is 5. The lowest BCUT2D eigenvalue weighted by Gasteiger charge is -2.24. The molecule has 1 aromatic rings. The fourth-order valence-electron chi connectivity index (χ4n) is 2.71. The molecule has 7 nitrogen and oxygen atoms in total. The van der Waals surface area contributed by atoms with Gasteiger partial charge in [-0.2, -0.15) is 0 Å². The van der Waals surface area contributed by atoms with Gasteiger partial charge in [0.05, 0.1) is 6.04 Å². The average Bonchev–Trinajstić information content (AvgIpc) is 2.48. The van der Waals surface area contributed by atoms with Gasteiger partial charge in [-0.05, 0) is 19.3 Å². The van der Waals surface area contributed by atoms with Crippen LogP contribution in [0, 0.1) is 0 Å². The van der Waals surface area contributed by atoms with Crippen LogP contribution in [0.15, 0.2) is 14.6 Å². The van der Waals surface area contributed by atoms with Crippen LogP contribution in [0.5, 0.6) is 5.88 Å². The van der Waals surface area contributed by atoms with E-state index in [1.165, 1.54) is 10.8 Å². The Bertz CT molecular complexity index is 647. The molecule has 0 bridgehead atoms. The molecule has 0 aromatic carbocycles. The van der Waals surface area contributed by atoms with Crippen molar-refractivity contribution in [2.45, 2.75) is 64.1 Å². The number of nitrogens with two attached hydrogens (primary N) is 1. The van der Waals surface area contributed by atoms with Crippen molar-refractivity contribution in [2.75, 3.05) is 0 Å². The number of hydrogen-bond donors (Lipinski definition) is 3. The number of hydrogen-bond acceptors (Lipinski definition) is 5. The zero-order valence-corrected chi connectivity index (χ0v) is 12.9. The maximum Gasteiger partial charge on any atom is 0.331 e. The zero-order valence-electron chi connectivity index (χ0n) is 12.9. The molecule has 0 saturated heterocycles. The maximum atomic E-state index is 11.9. The van der Waals surface area contributed by atoms with E-state index in [2.05, 4.69) is 9.98 Å². The molecule has 0 radical (unpaired) electrons. The summed E-state index contributed by atoms with van der Waals surface area (Å²) in [5.41, 5.74) is 4.83. The molecule has 0 amide bonds. The maximum absolute atomic E-state index is 11.9. The quantitative estimate of drug-likeness (QED) is 0.696. The highest BCUT2D eigenvalue weighted by Crippen LogP contribution is 2.20. The van der Waals surface area contributed by atoms with Crippen LogP contribution in [-0.4, -0.2) is 33.0 Å². The number of nitrogens with one attached hydrogen (secondary N) is 1. The Morgan fingerprint density at radius 1 is 1.41 bits per heavy atom. The minimum absolute atomic E-state index is 0.0165. The molecule has 0 unspecified atom stereocenters. The summed E-state index contributed by atoms with van der Waals surface area (Å²) in [6, 6.07) is -0.0548. The molecular weight excluding hydrogens is 284 g/mol. The lowest BCUT2D eigenvalue weighted by molar-refractivity contribution is 0.385. The van der Waals surface area contributed by atoms with Crippen LogP contribution in [0.1, 0.15) is 51.0 Å². The van der Waals surface area contributed by atoms with Crippen molar-refractivity contribution in [3.8, 4) is 5.88 Å². The Morgan fingerprint density at radius 3 is 2.82 bits per heavy atom. The van der Waals surface area contributed by atoms with Crippen LogP contribution in [0.2, 0.25) is 0 Å². The van der Waals surface area contributed by atoms with Gasteiger partial charge in [0.15, 0.2) is 0 Å². The van der Waals surface area contributed by atoms with Gasteiger partial charge in [0, 0.05) is 18.8 Å². The normalized spacial score (nSPS) is 22.3. The molecule has 122 valence electrons. The zero-order chi connectivity index (χ0) is 16.1. The SMILES string of the molecule is CCCCn1c(O)c(C=N[C@@H]2CCCC[C@H]2N)c(=O)[nH]c1=O. The molecule has 1 aromatic heterocycles. The third kappa shape index (κ3) is 3.65. The van der Waals surface area contributed by atoms with Crippen LogP contribution in [0.25, 0.3) is 0 Å². The smallest absolute Gasteiger partial charge is 0.331 e. The van der Waals surface area contributed by atoms with Gasteiger partial charge in [0.2, 0.25) is 5.88 Å². The third-order valence-electron chi connectivity index (χ3n) is 4.12. The Labute approximate surface area is 128 Å². The van der Waals surface area contributed by atoms with E-state index < -0.39 is 11.2 Å². The summed E-state index contributed by atoms with van der Waals surface area (Å²) in [6.45, 7) is 2.35. The molecule has 22 heavy (non-hydrogen) atoms. The minimum Gasteiger partial charge on any atom is -0.494 e. The fourth-order valence-corrected chi connectivity index (χ4v) is 2.71. The molecule has 1 heterocycles. The van der Waals surface area contributed by atoms with Crippen molar-refractivity contribution in [3.63, 3.8) is 0 Å². The predicted octanol–water partition coefficient (Wildman–Crippen LogP) is 0.731. The summed E-state index contributed by atoms with van der Waals surface area (Å²) >= 11 is 0. The molecule has 2 rings (SSSR count). The summed E-state index contributed by atoms with van der Waals surface area (Å²) in [7, 11) is 0. The van der Waals surface area contributed by atoms with Crippen LogP contribution in [0.3, 0.4) is 0 Å². The van der Waals surface area contributed by atoms with Crippen LogP contribution >= 0.6 is 0 Å². The van der Waals surface area contributed by atoms with Crippen molar-refractivity contribution < 1.29 is 5.11 Å². The van der Waals surface area contributed by atoms with Crippen LogP contribution < -0.4 is 17.0 Å². The summed E-state index contributed by atoms with van der Waals surface area (Å²) in [4.78, 5) is 30.2. The van der Waals surface area contributed by atoms with Gasteiger partial charge in [0.25, 0.3) is 5.56 Å². The largest absolute Gasteiger partial charge is 0.494 e. The summed E-state index contributed by atoms with van der Waals surface area (Å²) in [6.07, 6.45) is 6.93. The van der Waals surface area contributed by atoms with Gasteiger partial charge in [-0.3, -0.25) is 19.3 Å². The first-order chi connectivity index (χ1) is 10.5. The van der Waals surface area contributed by atoms with E-state index in [1.54, 1.807) is 0 Å². The fraction of sp³-hybridized carbons (Fsp3) is 0.667. The molecule has 1 saturated carbocycles. The second-order valence-corrected chi connectivity index (χ2v) is 5.80. The van der Waals surface area contributed by atoms with Crippen LogP contribution in [0.4, 0.5) is 0 Å². The molecule has 1 aliphatic rings. The molecule has 4 N–H and O–H groups in total. The van der Waals surface area contributed by atoms with E-state index >= 15 is 0 Å². The van der Waals surface area contributed by atoms with Gasteiger partial charge >= 0.3 is 5.69 Å². The second-order valence-electron chi connectivity index (χ2n) is 5.80. The van der Waals surface area contributed by atoms with E-state index in [9.17, 15) is 14.7 Å². The van der Waals surface area contributed by atoms with Gasteiger partial charge in [-0.15, -0.1) is 0 Å². The first-order valence-corrected chi connectivity index (χ1v) is 7.89. The monoisotopic (exact) mass is 308 g/mol. The van der Waals surface area contributed by atoms with Crippen molar-refractivity contribution in [3.05, 3.63) is 26.4 Å². The standard InChI is InChI=1S/C15H24N4O3/c1-2-3-8-19-14(21)10(13(20)18-15(19)22)9-17-12-7-5-4-6-11(12)16/h9,11-12,21H,2-8,16H2,1H3,(H,18,20,22)/t11-,12-/m1/s1. The third-order valence-corrected chi connectivity index (χ3v) is 4.12. The Balaban J connectivity index is 2.30. The lowest BCUT2D eigenvalue weighted by Crippen LogP contribution is -2.36. The highest BCUT2D eigenvalue weighted by Gasteiger charge is 2.21. The molecule has 0 aliphatic heterocycles. The molecular formula is C15H24N4O3. The van der Waals surface area contributed by atoms with Gasteiger partial charge in [0.1, 0.15) is 5.56 Å². The number of unbranched alkanes of at least 4 members (excludes halogenated alkanes) is 1. The Hall–Kier alpha value is -1.89. The molecule has 2 atom stereocenters. The molecule has 1 fully saturated rings. The number of H-pyrrole nitrogens is 1. The second kappa shape index (κ2) is 7.40. The van der Waals surface area contributed by atoms with Gasteiger partial charge in [-0.1, -0.05) is 26.2 Å². The highest BCUT2D eigenvalue weighted by molar-refractivity contribution is 5.82. The van der Waals surface area contributed by atoms with Crippen molar-refractivity contribution in [1.82, 2.24) is 9.55 Å². The van der Waals surface area contributed by atoms with Crippen molar-refractivity contribution in [1.29, 1.82) is 0 Å². The highest BCUT2D eigenvalue weighted by atomic mass is 16.3. The summed E-state index contributed by atoms with van der Waals surface area (Å²) in [5, 5.41) is 10.2. The van der Waals surface area contributed by atoms with Crippen molar-refractivity contribution in [2.24, 2.45) is 10.7 Å². The Kier molecular flexibility index (Phi) is 5.54. The number of nitrogens with zero attached hydrogens (tertiary/aromatic N) is 2. The number of aromatic hydroxyl groups is 1. The average molecular weight is 308 g/mol. The van der Waals surface area contributed by atoms with E-state index in [0.29, 0.717) is 6.54 Å².